The monoisotopic (exact) mass is 441 g/mol. The van der Waals surface area contributed by atoms with Crippen LogP contribution in [0.15, 0.2) is 24.3 Å². The van der Waals surface area contributed by atoms with Crippen molar-refractivity contribution in [1.29, 1.82) is 5.26 Å². The summed E-state index contributed by atoms with van der Waals surface area (Å²) < 4.78 is 0. The second kappa shape index (κ2) is 8.29. The molecular weight excluding hydrogens is 428 g/mol. The van der Waals surface area contributed by atoms with Crippen molar-refractivity contribution in [1.82, 2.24) is 0 Å². The minimum Gasteiger partial charge on any atom is -0.481 e. The predicted molar refractivity (Wildman–Crippen MR) is 108 cm³/mol. The molecule has 2 aliphatic carbocycles. The van der Waals surface area contributed by atoms with Crippen molar-refractivity contribution in [3.8, 4) is 6.07 Å². The van der Waals surface area contributed by atoms with Crippen LogP contribution in [-0.4, -0.2) is 11.1 Å². The van der Waals surface area contributed by atoms with Gasteiger partial charge in [-0.1, -0.05) is 46.4 Å². The lowest BCUT2D eigenvalue weighted by atomic mass is 10.0. The average Bonchev–Trinajstić information content (AvgIpc) is 3.19. The lowest BCUT2D eigenvalue weighted by Crippen LogP contribution is -2.08. The van der Waals surface area contributed by atoms with Gasteiger partial charge < -0.3 is 5.11 Å². The van der Waals surface area contributed by atoms with Crippen LogP contribution in [0.1, 0.15) is 46.9 Å². The number of halogens is 4. The van der Waals surface area contributed by atoms with Crippen molar-refractivity contribution in [2.45, 2.75) is 37.5 Å². The molecule has 1 N–H and O–H groups in total. The molecule has 0 aliphatic heterocycles. The lowest BCUT2D eigenvalue weighted by molar-refractivity contribution is -0.138. The molecule has 2 aromatic rings. The van der Waals surface area contributed by atoms with Gasteiger partial charge in [-0.05, 0) is 72.2 Å². The van der Waals surface area contributed by atoms with Gasteiger partial charge >= 0.3 is 5.97 Å². The first-order valence-corrected chi connectivity index (χ1v) is 9.91. The third-order valence-electron chi connectivity index (χ3n) is 4.92. The van der Waals surface area contributed by atoms with E-state index in [9.17, 15) is 4.79 Å². The molecule has 0 radical (unpaired) electrons. The Hall–Kier alpha value is -1.44. The van der Waals surface area contributed by atoms with Gasteiger partial charge in [0.25, 0.3) is 0 Å². The summed E-state index contributed by atoms with van der Waals surface area (Å²) >= 11 is 23.7. The van der Waals surface area contributed by atoms with Crippen LogP contribution in [0, 0.1) is 11.3 Å². The van der Waals surface area contributed by atoms with E-state index in [0.717, 1.165) is 41.5 Å². The first-order valence-electron chi connectivity index (χ1n) is 8.39. The summed E-state index contributed by atoms with van der Waals surface area (Å²) in [6, 6.07) is 9.26. The molecule has 0 spiro atoms. The van der Waals surface area contributed by atoms with Crippen molar-refractivity contribution >= 4 is 52.4 Å². The van der Waals surface area contributed by atoms with E-state index in [1.807, 2.05) is 6.07 Å². The third kappa shape index (κ3) is 4.20. The molecule has 0 fully saturated rings. The van der Waals surface area contributed by atoms with E-state index in [-0.39, 0.29) is 5.92 Å². The molecule has 2 aliphatic rings. The maximum Gasteiger partial charge on any atom is 0.311 e. The fraction of sp³-hybridized carbons (Fsp3) is 0.300. The summed E-state index contributed by atoms with van der Waals surface area (Å²) in [6.07, 6.45) is 3.14. The van der Waals surface area contributed by atoms with Crippen LogP contribution in [0.3, 0.4) is 0 Å². The van der Waals surface area contributed by atoms with Crippen molar-refractivity contribution in [2.24, 2.45) is 0 Å². The molecule has 27 heavy (non-hydrogen) atoms. The normalized spacial score (nSPS) is 19.5. The average molecular weight is 443 g/mol. The zero-order valence-electron chi connectivity index (χ0n) is 14.1. The molecular formula is C20H15Cl4NO2. The molecule has 2 unspecified atom stereocenters. The van der Waals surface area contributed by atoms with Crippen LogP contribution in [0.5, 0.6) is 0 Å². The van der Waals surface area contributed by atoms with E-state index in [0.29, 0.717) is 26.5 Å². The highest BCUT2D eigenvalue weighted by atomic mass is 35.5. The van der Waals surface area contributed by atoms with E-state index in [1.54, 1.807) is 18.2 Å². The highest BCUT2D eigenvalue weighted by molar-refractivity contribution is 6.36. The number of aliphatic carboxylic acids is 1. The van der Waals surface area contributed by atoms with Gasteiger partial charge in [0.2, 0.25) is 0 Å². The number of carboxylic acids is 1. The highest BCUT2D eigenvalue weighted by Crippen LogP contribution is 2.40. The minimum absolute atomic E-state index is 0.0419. The van der Waals surface area contributed by atoms with Crippen LogP contribution in [0.25, 0.3) is 0 Å². The van der Waals surface area contributed by atoms with Crippen molar-refractivity contribution in [3.05, 3.63) is 66.6 Å². The van der Waals surface area contributed by atoms with Gasteiger partial charge in [0.1, 0.15) is 0 Å². The zero-order chi connectivity index (χ0) is 19.7. The van der Waals surface area contributed by atoms with E-state index in [4.69, 9.17) is 56.8 Å². The van der Waals surface area contributed by atoms with Gasteiger partial charge in [0.15, 0.2) is 0 Å². The van der Waals surface area contributed by atoms with Gasteiger partial charge in [-0.15, -0.1) is 0 Å². The number of rotatable bonds is 1. The number of carbonyl (C=O) groups is 1. The largest absolute Gasteiger partial charge is 0.481 e. The second-order valence-electron chi connectivity index (χ2n) is 6.57. The minimum atomic E-state index is -0.812. The summed E-state index contributed by atoms with van der Waals surface area (Å²) in [5.74, 6) is -1.32. The maximum atomic E-state index is 10.9. The van der Waals surface area contributed by atoms with E-state index in [2.05, 4.69) is 6.07 Å². The van der Waals surface area contributed by atoms with E-state index >= 15 is 0 Å². The summed E-state index contributed by atoms with van der Waals surface area (Å²) in [6.45, 7) is 0. The first-order chi connectivity index (χ1) is 12.8. The van der Waals surface area contributed by atoms with Crippen LogP contribution in [-0.2, 0) is 17.6 Å². The third-order valence-corrected chi connectivity index (χ3v) is 5.98. The standard InChI is InChI=1S/C10H7Cl2N.C10H8Cl2O2/c11-8-3-6-1-2-7(5-13)10(6)9(12)4-8;11-6-3-5-1-2-7(10(13)14)9(5)8(12)4-6/h3-4,7H,1-2H2;3-4,7H,1-2H2,(H,13,14). The number of nitriles is 1. The Morgan fingerprint density at radius 3 is 2.00 bits per heavy atom. The molecule has 2 aromatic carbocycles. The van der Waals surface area contributed by atoms with Crippen LogP contribution >= 0.6 is 46.4 Å². The maximum absolute atomic E-state index is 10.9. The summed E-state index contributed by atoms with van der Waals surface area (Å²) in [5, 5.41) is 20.2. The molecule has 0 heterocycles. The molecule has 0 saturated carbocycles. The molecule has 0 aromatic heterocycles. The summed E-state index contributed by atoms with van der Waals surface area (Å²) in [7, 11) is 0. The fourth-order valence-electron chi connectivity index (χ4n) is 3.73. The van der Waals surface area contributed by atoms with Crippen molar-refractivity contribution < 1.29 is 9.90 Å². The Bertz CT molecular complexity index is 952. The van der Waals surface area contributed by atoms with Gasteiger partial charge in [-0.2, -0.15) is 5.26 Å². The smallest absolute Gasteiger partial charge is 0.311 e. The second-order valence-corrected chi connectivity index (χ2v) is 8.26. The van der Waals surface area contributed by atoms with E-state index in [1.165, 1.54) is 0 Å². The van der Waals surface area contributed by atoms with Crippen LogP contribution in [0.2, 0.25) is 20.1 Å². The molecule has 3 nitrogen and oxygen atoms in total. The molecule has 0 bridgehead atoms. The first kappa shape index (κ1) is 20.3. The number of nitrogens with zero attached hydrogens (tertiary/aromatic N) is 1. The molecule has 2 atom stereocenters. The molecule has 4 rings (SSSR count). The number of aryl methyl sites for hydroxylation is 2. The molecule has 0 saturated heterocycles. The van der Waals surface area contributed by atoms with Crippen molar-refractivity contribution in [2.75, 3.05) is 0 Å². The van der Waals surface area contributed by atoms with E-state index < -0.39 is 11.9 Å². The summed E-state index contributed by atoms with van der Waals surface area (Å²) in [5.41, 5.74) is 3.82. The molecule has 7 heteroatoms. The number of carboxylic acid groups (broad SMARTS) is 1. The topological polar surface area (TPSA) is 61.1 Å². The number of fused-ring (bicyclic) bond motifs is 2. The quantitative estimate of drug-likeness (QED) is 0.537. The van der Waals surface area contributed by atoms with Gasteiger partial charge in [-0.3, -0.25) is 4.79 Å². The Kier molecular flexibility index (Phi) is 6.23. The summed E-state index contributed by atoms with van der Waals surface area (Å²) in [4.78, 5) is 10.9. The predicted octanol–water partition coefficient (Wildman–Crippen LogP) is 6.65. The van der Waals surface area contributed by atoms with Crippen LogP contribution < -0.4 is 0 Å². The Labute approximate surface area is 177 Å². The SMILES string of the molecule is N#CC1CCc2cc(Cl)cc(Cl)c21.O=C(O)C1CCc2cc(Cl)cc(Cl)c21. The Morgan fingerprint density at radius 1 is 0.926 bits per heavy atom. The van der Waals surface area contributed by atoms with Crippen molar-refractivity contribution in [3.63, 3.8) is 0 Å². The number of benzene rings is 2. The number of hydrogen-bond acceptors (Lipinski definition) is 2. The van der Waals surface area contributed by atoms with Crippen LogP contribution in [0.4, 0.5) is 0 Å². The van der Waals surface area contributed by atoms with Gasteiger partial charge in [0.05, 0.1) is 17.9 Å². The number of hydrogen-bond donors (Lipinski definition) is 1. The van der Waals surface area contributed by atoms with Gasteiger partial charge in [-0.25, -0.2) is 0 Å². The molecule has 140 valence electrons. The lowest BCUT2D eigenvalue weighted by Gasteiger charge is -2.08. The Morgan fingerprint density at radius 2 is 1.44 bits per heavy atom. The van der Waals surface area contributed by atoms with Gasteiger partial charge in [0, 0.05) is 20.1 Å². The Balaban J connectivity index is 0.000000156. The molecule has 0 amide bonds. The zero-order valence-corrected chi connectivity index (χ0v) is 17.1. The fourth-order valence-corrected chi connectivity index (χ4v) is 5.07. The highest BCUT2D eigenvalue weighted by Gasteiger charge is 2.30.